The van der Waals surface area contributed by atoms with Crippen LogP contribution in [-0.4, -0.2) is 11.9 Å². The Bertz CT molecular complexity index is 299. The van der Waals surface area contributed by atoms with Crippen molar-refractivity contribution in [1.29, 1.82) is 0 Å². The summed E-state index contributed by atoms with van der Waals surface area (Å²) in [7, 11) is 0. The summed E-state index contributed by atoms with van der Waals surface area (Å²) in [6.07, 6.45) is 2.33. The van der Waals surface area contributed by atoms with Gasteiger partial charge in [-0.2, -0.15) is 0 Å². The van der Waals surface area contributed by atoms with Gasteiger partial charge in [0.1, 0.15) is 0 Å². The number of nitrogens with one attached hydrogen (secondary N) is 1. The van der Waals surface area contributed by atoms with Gasteiger partial charge in [0.15, 0.2) is 0 Å². The third kappa shape index (κ3) is 4.74. The van der Waals surface area contributed by atoms with Crippen LogP contribution in [-0.2, 0) is 6.54 Å². The molecule has 1 rings (SSSR count). The zero-order valence-electron chi connectivity index (χ0n) is 9.80. The molecule has 0 fully saturated rings. The van der Waals surface area contributed by atoms with E-state index in [2.05, 4.69) is 46.5 Å². The Balaban J connectivity index is 2.24. The van der Waals surface area contributed by atoms with Gasteiger partial charge in [0.25, 0.3) is 0 Å². The van der Waals surface area contributed by atoms with E-state index < -0.39 is 0 Å². The molecule has 92 valence electrons. The first kappa shape index (κ1) is 14.5. The summed E-state index contributed by atoms with van der Waals surface area (Å²) < 4.78 is 1.16. The average molecular weight is 325 g/mol. The van der Waals surface area contributed by atoms with Crippen molar-refractivity contribution in [3.05, 3.63) is 20.8 Å². The van der Waals surface area contributed by atoms with Gasteiger partial charge in [-0.25, -0.2) is 0 Å². The van der Waals surface area contributed by atoms with Crippen LogP contribution in [0.15, 0.2) is 15.9 Å². The molecule has 0 spiro atoms. The topological polar surface area (TPSA) is 12.0 Å². The molecule has 1 aromatic rings. The highest BCUT2D eigenvalue weighted by atomic mass is 79.9. The van der Waals surface area contributed by atoms with Crippen molar-refractivity contribution in [2.24, 2.45) is 5.92 Å². The fourth-order valence-corrected chi connectivity index (χ4v) is 3.63. The van der Waals surface area contributed by atoms with Crippen molar-refractivity contribution in [2.45, 2.75) is 38.6 Å². The molecule has 1 heterocycles. The minimum absolute atomic E-state index is 0.249. The number of hydrogen-bond acceptors (Lipinski definition) is 2. The Hall–Kier alpha value is 0.430. The average Bonchev–Trinajstić information content (AvgIpc) is 2.66. The van der Waals surface area contributed by atoms with E-state index in [1.165, 1.54) is 4.88 Å². The summed E-state index contributed by atoms with van der Waals surface area (Å²) >= 11 is 11.6. The van der Waals surface area contributed by atoms with Gasteiger partial charge in [-0.05, 0) is 27.9 Å². The lowest BCUT2D eigenvalue weighted by atomic mass is 9.99. The molecule has 0 aliphatic heterocycles. The summed E-state index contributed by atoms with van der Waals surface area (Å²) in [6, 6.07) is 2.15. The Morgan fingerprint density at radius 1 is 1.44 bits per heavy atom. The molecule has 0 radical (unpaired) electrons. The maximum atomic E-state index is 6.35. The number of alkyl halides is 1. The van der Waals surface area contributed by atoms with E-state index in [0.717, 1.165) is 30.4 Å². The van der Waals surface area contributed by atoms with E-state index in [1.54, 1.807) is 11.3 Å². The smallest absolute Gasteiger partial charge is 0.0488 e. The van der Waals surface area contributed by atoms with Crippen molar-refractivity contribution in [3.8, 4) is 0 Å². The second-order valence-corrected chi connectivity index (χ2v) is 6.43. The van der Waals surface area contributed by atoms with E-state index in [0.29, 0.717) is 5.92 Å². The predicted molar refractivity (Wildman–Crippen MR) is 77.4 cm³/mol. The van der Waals surface area contributed by atoms with Crippen LogP contribution in [0.4, 0.5) is 0 Å². The van der Waals surface area contributed by atoms with Crippen LogP contribution in [0.1, 0.15) is 31.6 Å². The lowest BCUT2D eigenvalue weighted by Crippen LogP contribution is -2.28. The van der Waals surface area contributed by atoms with Crippen LogP contribution >= 0.6 is 38.9 Å². The molecule has 4 heteroatoms. The Morgan fingerprint density at radius 2 is 2.12 bits per heavy atom. The van der Waals surface area contributed by atoms with E-state index in [1.807, 2.05) is 0 Å². The van der Waals surface area contributed by atoms with Gasteiger partial charge in [-0.15, -0.1) is 22.9 Å². The van der Waals surface area contributed by atoms with E-state index >= 15 is 0 Å². The highest BCUT2D eigenvalue weighted by molar-refractivity contribution is 9.10. The van der Waals surface area contributed by atoms with Crippen LogP contribution in [0, 0.1) is 5.92 Å². The molecule has 0 amide bonds. The van der Waals surface area contributed by atoms with Crippen LogP contribution in [0.2, 0.25) is 0 Å². The first-order valence-corrected chi connectivity index (χ1v) is 7.86. The van der Waals surface area contributed by atoms with Crippen LogP contribution in [0.25, 0.3) is 0 Å². The molecular formula is C12H19BrClNS. The summed E-state index contributed by atoms with van der Waals surface area (Å²) in [4.78, 5) is 1.35. The van der Waals surface area contributed by atoms with Gasteiger partial charge in [0.05, 0.1) is 0 Å². The second-order valence-electron chi connectivity index (χ2n) is 3.95. The summed E-state index contributed by atoms with van der Waals surface area (Å²) in [5.74, 6) is 0.629. The number of hydrogen-bond donors (Lipinski definition) is 1. The van der Waals surface area contributed by atoms with Gasteiger partial charge in [0.2, 0.25) is 0 Å². The largest absolute Gasteiger partial charge is 0.310 e. The highest BCUT2D eigenvalue weighted by Gasteiger charge is 2.14. The monoisotopic (exact) mass is 323 g/mol. The number of thiophene rings is 1. The maximum Gasteiger partial charge on any atom is 0.0488 e. The summed E-state index contributed by atoms with van der Waals surface area (Å²) in [5, 5.41) is 5.78. The van der Waals surface area contributed by atoms with Gasteiger partial charge >= 0.3 is 0 Å². The zero-order valence-corrected chi connectivity index (χ0v) is 13.0. The maximum absolute atomic E-state index is 6.35. The van der Waals surface area contributed by atoms with Crippen LogP contribution in [0.5, 0.6) is 0 Å². The molecule has 0 aliphatic carbocycles. The predicted octanol–water partition coefficient (Wildman–Crippen LogP) is 4.64. The van der Waals surface area contributed by atoms with Gasteiger partial charge in [-0.3, -0.25) is 0 Å². The molecule has 1 nitrogen and oxygen atoms in total. The van der Waals surface area contributed by atoms with Gasteiger partial charge in [0, 0.05) is 33.2 Å². The molecule has 1 atom stereocenters. The van der Waals surface area contributed by atoms with E-state index in [9.17, 15) is 0 Å². The number of rotatable bonds is 7. The quantitative estimate of drug-likeness (QED) is 0.720. The lowest BCUT2D eigenvalue weighted by Gasteiger charge is -2.19. The third-order valence-electron chi connectivity index (χ3n) is 2.82. The van der Waals surface area contributed by atoms with Gasteiger partial charge in [-0.1, -0.05) is 26.7 Å². The van der Waals surface area contributed by atoms with Crippen molar-refractivity contribution >= 4 is 38.9 Å². The molecule has 1 unspecified atom stereocenters. The van der Waals surface area contributed by atoms with Crippen LogP contribution < -0.4 is 5.32 Å². The molecule has 0 saturated carbocycles. The molecule has 1 aromatic heterocycles. The minimum Gasteiger partial charge on any atom is -0.310 e. The molecule has 1 N–H and O–H groups in total. The third-order valence-corrected chi connectivity index (χ3v) is 5.03. The molecule has 0 bridgehead atoms. The molecule has 0 aliphatic rings. The highest BCUT2D eigenvalue weighted by Crippen LogP contribution is 2.20. The normalized spacial score (nSPS) is 13.3. The standard InChI is InChI=1S/C12H19BrClNS/c1-3-9(4-2)12(14)7-15-6-11-5-10(13)8-16-11/h5,8-9,12,15H,3-4,6-7H2,1-2H3. The molecule has 0 aromatic carbocycles. The fourth-order valence-electron chi connectivity index (χ4n) is 1.75. The summed E-state index contributed by atoms with van der Waals surface area (Å²) in [5.41, 5.74) is 0. The van der Waals surface area contributed by atoms with Crippen molar-refractivity contribution < 1.29 is 0 Å². The second kappa shape index (κ2) is 7.70. The number of halogens is 2. The fraction of sp³-hybridized carbons (Fsp3) is 0.667. The zero-order chi connectivity index (χ0) is 12.0. The Kier molecular flexibility index (Phi) is 6.97. The van der Waals surface area contributed by atoms with Crippen molar-refractivity contribution in [2.75, 3.05) is 6.54 Å². The summed E-state index contributed by atoms with van der Waals surface area (Å²) in [6.45, 7) is 6.23. The SMILES string of the molecule is CCC(CC)C(Cl)CNCc1cc(Br)cs1. The van der Waals surface area contributed by atoms with Crippen molar-refractivity contribution in [1.82, 2.24) is 5.32 Å². The molecule has 16 heavy (non-hydrogen) atoms. The lowest BCUT2D eigenvalue weighted by molar-refractivity contribution is 0.446. The van der Waals surface area contributed by atoms with Crippen molar-refractivity contribution in [3.63, 3.8) is 0 Å². The molecular weight excluding hydrogens is 306 g/mol. The van der Waals surface area contributed by atoms with E-state index in [4.69, 9.17) is 11.6 Å². The Morgan fingerprint density at radius 3 is 2.62 bits per heavy atom. The van der Waals surface area contributed by atoms with Gasteiger partial charge < -0.3 is 5.32 Å². The van der Waals surface area contributed by atoms with Crippen LogP contribution in [0.3, 0.4) is 0 Å². The first-order valence-electron chi connectivity index (χ1n) is 5.75. The van der Waals surface area contributed by atoms with E-state index in [-0.39, 0.29) is 5.38 Å². The molecule has 0 saturated heterocycles. The Labute approximate surface area is 116 Å². The minimum atomic E-state index is 0.249. The first-order chi connectivity index (χ1) is 7.67.